The zero-order valence-corrected chi connectivity index (χ0v) is 9.54. The summed E-state index contributed by atoms with van der Waals surface area (Å²) in [6.45, 7) is 1.69. The van der Waals surface area contributed by atoms with Crippen LogP contribution in [-0.4, -0.2) is 30.9 Å². The van der Waals surface area contributed by atoms with E-state index in [9.17, 15) is 13.6 Å². The molecule has 0 aliphatic carbocycles. The van der Waals surface area contributed by atoms with Gasteiger partial charge in [0.15, 0.2) is 11.6 Å². The fraction of sp³-hybridized carbons (Fsp3) is 0.417. The van der Waals surface area contributed by atoms with Gasteiger partial charge in [0.05, 0.1) is 5.92 Å². The summed E-state index contributed by atoms with van der Waals surface area (Å²) >= 11 is 0. The van der Waals surface area contributed by atoms with Crippen molar-refractivity contribution in [2.24, 2.45) is 5.92 Å². The normalized spacial score (nSPS) is 15.5. The smallest absolute Gasteiger partial charge is 0.228 e. The molecule has 1 saturated heterocycles. The molecule has 1 aliphatic rings. The lowest BCUT2D eigenvalue weighted by Gasteiger charge is -2.30. The summed E-state index contributed by atoms with van der Waals surface area (Å²) in [5, 5.41) is 3.02. The zero-order valence-electron chi connectivity index (χ0n) is 9.54. The summed E-state index contributed by atoms with van der Waals surface area (Å²) in [5.41, 5.74) is 0.590. The van der Waals surface area contributed by atoms with Gasteiger partial charge in [0.2, 0.25) is 5.91 Å². The molecule has 0 radical (unpaired) electrons. The van der Waals surface area contributed by atoms with Crippen molar-refractivity contribution in [3.8, 4) is 0 Å². The molecule has 92 valence electrons. The van der Waals surface area contributed by atoms with Gasteiger partial charge in [-0.25, -0.2) is 8.78 Å². The van der Waals surface area contributed by atoms with E-state index in [0.29, 0.717) is 25.2 Å². The number of hydrogen-bond donors (Lipinski definition) is 1. The maximum atomic E-state index is 13.0. The fourth-order valence-corrected chi connectivity index (χ4v) is 1.76. The topological polar surface area (TPSA) is 32.3 Å². The van der Waals surface area contributed by atoms with Crippen LogP contribution in [0.5, 0.6) is 0 Å². The van der Waals surface area contributed by atoms with Crippen molar-refractivity contribution in [2.75, 3.05) is 20.1 Å². The summed E-state index contributed by atoms with van der Waals surface area (Å²) < 4.78 is 25.7. The number of carbonyl (C=O) groups is 1. The molecule has 1 amide bonds. The maximum Gasteiger partial charge on any atom is 0.228 e. The van der Waals surface area contributed by atoms with Crippen molar-refractivity contribution in [1.82, 2.24) is 10.2 Å². The van der Waals surface area contributed by atoms with Gasteiger partial charge in [-0.15, -0.1) is 0 Å². The first-order valence-electron chi connectivity index (χ1n) is 5.47. The summed E-state index contributed by atoms with van der Waals surface area (Å²) in [5.74, 6) is -1.70. The Morgan fingerprint density at radius 2 is 2.12 bits per heavy atom. The molecule has 3 nitrogen and oxygen atoms in total. The van der Waals surface area contributed by atoms with Crippen LogP contribution in [0.1, 0.15) is 5.56 Å². The fourth-order valence-electron chi connectivity index (χ4n) is 1.76. The average molecular weight is 240 g/mol. The lowest BCUT2D eigenvalue weighted by molar-refractivity contribution is -0.136. The van der Waals surface area contributed by atoms with E-state index in [-0.39, 0.29) is 11.8 Å². The molecule has 2 rings (SSSR count). The van der Waals surface area contributed by atoms with Gasteiger partial charge in [0.1, 0.15) is 0 Å². The molecule has 1 N–H and O–H groups in total. The molecule has 0 bridgehead atoms. The third kappa shape index (κ3) is 2.61. The Hall–Kier alpha value is -1.49. The Morgan fingerprint density at radius 1 is 1.41 bits per heavy atom. The molecule has 5 heteroatoms. The highest BCUT2D eigenvalue weighted by molar-refractivity contribution is 5.79. The van der Waals surface area contributed by atoms with Crippen LogP contribution in [0.2, 0.25) is 0 Å². The van der Waals surface area contributed by atoms with E-state index in [0.717, 1.165) is 12.1 Å². The van der Waals surface area contributed by atoms with Gasteiger partial charge in [-0.1, -0.05) is 6.07 Å². The van der Waals surface area contributed by atoms with Crippen molar-refractivity contribution in [1.29, 1.82) is 0 Å². The van der Waals surface area contributed by atoms with Crippen LogP contribution in [0.3, 0.4) is 0 Å². The third-order valence-electron chi connectivity index (χ3n) is 2.91. The van der Waals surface area contributed by atoms with Gasteiger partial charge in [0, 0.05) is 26.7 Å². The molecular weight excluding hydrogens is 226 g/mol. The van der Waals surface area contributed by atoms with E-state index < -0.39 is 11.6 Å². The van der Waals surface area contributed by atoms with Gasteiger partial charge < -0.3 is 10.2 Å². The second kappa shape index (κ2) is 4.79. The Bertz CT molecular complexity index is 433. The van der Waals surface area contributed by atoms with E-state index in [1.165, 1.54) is 11.0 Å². The number of benzene rings is 1. The van der Waals surface area contributed by atoms with Gasteiger partial charge in [0.25, 0.3) is 0 Å². The monoisotopic (exact) mass is 240 g/mol. The predicted octanol–water partition coefficient (Wildman–Crippen LogP) is 1.14. The third-order valence-corrected chi connectivity index (χ3v) is 2.91. The molecule has 1 aromatic carbocycles. The highest BCUT2D eigenvalue weighted by Crippen LogP contribution is 2.13. The highest BCUT2D eigenvalue weighted by Gasteiger charge is 2.27. The minimum Gasteiger partial charge on any atom is -0.341 e. The molecule has 1 aromatic rings. The molecule has 0 atom stereocenters. The molecule has 1 fully saturated rings. The summed E-state index contributed by atoms with van der Waals surface area (Å²) in [6.07, 6.45) is 0. The number of carbonyl (C=O) groups excluding carboxylic acids is 1. The van der Waals surface area contributed by atoms with Crippen LogP contribution >= 0.6 is 0 Å². The number of halogens is 2. The van der Waals surface area contributed by atoms with Gasteiger partial charge in [-0.2, -0.15) is 0 Å². The van der Waals surface area contributed by atoms with Crippen LogP contribution in [-0.2, 0) is 11.3 Å². The van der Waals surface area contributed by atoms with Crippen molar-refractivity contribution in [3.63, 3.8) is 0 Å². The maximum absolute atomic E-state index is 13.0. The molecule has 1 aliphatic heterocycles. The number of nitrogens with one attached hydrogen (secondary N) is 1. The number of hydrogen-bond acceptors (Lipinski definition) is 2. The second-order valence-corrected chi connectivity index (χ2v) is 4.30. The van der Waals surface area contributed by atoms with Crippen LogP contribution in [0.15, 0.2) is 18.2 Å². The van der Waals surface area contributed by atoms with E-state index in [1.54, 1.807) is 7.05 Å². The second-order valence-electron chi connectivity index (χ2n) is 4.30. The van der Waals surface area contributed by atoms with Crippen LogP contribution in [0.4, 0.5) is 8.78 Å². The Kier molecular flexibility index (Phi) is 3.38. The Balaban J connectivity index is 1.99. The Labute approximate surface area is 98.4 Å². The number of nitrogens with zero attached hydrogens (tertiary/aromatic N) is 1. The molecule has 1 heterocycles. The van der Waals surface area contributed by atoms with Crippen molar-refractivity contribution in [3.05, 3.63) is 35.4 Å². The van der Waals surface area contributed by atoms with E-state index in [2.05, 4.69) is 5.32 Å². The molecule has 0 aromatic heterocycles. The molecule has 17 heavy (non-hydrogen) atoms. The first-order valence-corrected chi connectivity index (χ1v) is 5.47. The Morgan fingerprint density at radius 3 is 2.65 bits per heavy atom. The molecular formula is C12H14F2N2O. The van der Waals surface area contributed by atoms with Crippen molar-refractivity contribution in [2.45, 2.75) is 6.54 Å². The van der Waals surface area contributed by atoms with E-state index in [1.807, 2.05) is 0 Å². The number of amides is 1. The standard InChI is InChI=1S/C12H14F2N2O/c1-16(12(17)9-5-15-6-9)7-8-2-3-10(13)11(14)4-8/h2-4,9,15H,5-7H2,1H3. The minimum atomic E-state index is -0.881. The zero-order chi connectivity index (χ0) is 12.4. The van der Waals surface area contributed by atoms with Crippen LogP contribution in [0.25, 0.3) is 0 Å². The van der Waals surface area contributed by atoms with Gasteiger partial charge >= 0.3 is 0 Å². The number of rotatable bonds is 3. The summed E-state index contributed by atoms with van der Waals surface area (Å²) in [6, 6.07) is 3.69. The van der Waals surface area contributed by atoms with Crippen molar-refractivity contribution < 1.29 is 13.6 Å². The van der Waals surface area contributed by atoms with E-state index >= 15 is 0 Å². The molecule has 0 spiro atoms. The highest BCUT2D eigenvalue weighted by atomic mass is 19.2. The quantitative estimate of drug-likeness (QED) is 0.859. The first-order chi connectivity index (χ1) is 8.08. The van der Waals surface area contributed by atoms with Crippen LogP contribution < -0.4 is 5.32 Å². The molecule has 0 saturated carbocycles. The van der Waals surface area contributed by atoms with Crippen LogP contribution in [0, 0.1) is 17.6 Å². The minimum absolute atomic E-state index is 0.0188. The first kappa shape index (κ1) is 12.0. The lowest BCUT2D eigenvalue weighted by atomic mass is 10.0. The van der Waals surface area contributed by atoms with Gasteiger partial charge in [-0.05, 0) is 17.7 Å². The predicted molar refractivity (Wildman–Crippen MR) is 59.2 cm³/mol. The van der Waals surface area contributed by atoms with E-state index in [4.69, 9.17) is 0 Å². The van der Waals surface area contributed by atoms with Crippen molar-refractivity contribution >= 4 is 5.91 Å². The average Bonchev–Trinajstić information content (AvgIpc) is 2.21. The summed E-state index contributed by atoms with van der Waals surface area (Å²) in [7, 11) is 1.67. The SMILES string of the molecule is CN(Cc1ccc(F)c(F)c1)C(=O)C1CNC1. The largest absolute Gasteiger partial charge is 0.341 e. The van der Waals surface area contributed by atoms with Gasteiger partial charge in [-0.3, -0.25) is 4.79 Å². The summed E-state index contributed by atoms with van der Waals surface area (Å²) in [4.78, 5) is 13.3. The lowest BCUT2D eigenvalue weighted by Crippen LogP contribution is -2.50. The molecule has 0 unspecified atom stereocenters.